The van der Waals surface area contributed by atoms with Crippen molar-refractivity contribution in [2.24, 2.45) is 0 Å². The molecule has 0 saturated carbocycles. The van der Waals surface area contributed by atoms with Gasteiger partial charge in [-0.2, -0.15) is 4.98 Å². The monoisotopic (exact) mass is 493 g/mol. The van der Waals surface area contributed by atoms with E-state index in [0.29, 0.717) is 29.4 Å². The fourth-order valence-electron chi connectivity index (χ4n) is 4.93. The predicted octanol–water partition coefficient (Wildman–Crippen LogP) is 5.02. The van der Waals surface area contributed by atoms with E-state index in [9.17, 15) is 9.18 Å². The van der Waals surface area contributed by atoms with Crippen molar-refractivity contribution in [2.75, 3.05) is 31.4 Å². The van der Waals surface area contributed by atoms with Crippen molar-refractivity contribution < 1.29 is 18.7 Å². The minimum Gasteiger partial charge on any atom is -0.495 e. The number of ether oxygens (including phenoxy) is 2. The van der Waals surface area contributed by atoms with Crippen LogP contribution in [0.5, 0.6) is 5.75 Å². The second-order valence-electron chi connectivity index (χ2n) is 9.72. The predicted molar refractivity (Wildman–Crippen MR) is 131 cm³/mol. The number of nitrogens with zero attached hydrogens (tertiary/aromatic N) is 3. The molecule has 2 heterocycles. The molecule has 0 unspecified atom stereocenters. The number of anilines is 3. The molecule has 0 bridgehead atoms. The number of hydrogen-bond acceptors (Lipinski definition) is 8. The van der Waals surface area contributed by atoms with Gasteiger partial charge in [0.15, 0.2) is 11.6 Å². The maximum atomic E-state index is 14.6. The molecule has 34 heavy (non-hydrogen) atoms. The van der Waals surface area contributed by atoms with Crippen molar-refractivity contribution in [1.29, 1.82) is 0 Å². The largest absolute Gasteiger partial charge is 0.495 e. The zero-order chi connectivity index (χ0) is 25.1. The van der Waals surface area contributed by atoms with Crippen LogP contribution >= 0.6 is 11.6 Å². The molecule has 10 heteroatoms. The smallest absolute Gasteiger partial charge is 0.306 e. The molecule has 2 N–H and O–H groups in total. The summed E-state index contributed by atoms with van der Waals surface area (Å²) in [6, 6.07) is 5.17. The van der Waals surface area contributed by atoms with Crippen LogP contribution in [0.4, 0.5) is 21.8 Å². The van der Waals surface area contributed by atoms with Crippen molar-refractivity contribution in [2.45, 2.75) is 64.1 Å². The first-order chi connectivity index (χ1) is 15.9. The zero-order valence-electron chi connectivity index (χ0n) is 20.5. The van der Waals surface area contributed by atoms with Gasteiger partial charge in [-0.25, -0.2) is 9.37 Å². The van der Waals surface area contributed by atoms with Gasteiger partial charge in [0, 0.05) is 29.4 Å². The van der Waals surface area contributed by atoms with Gasteiger partial charge in [-0.15, -0.1) is 0 Å². The molecule has 1 fully saturated rings. The quantitative estimate of drug-likeness (QED) is 0.496. The lowest BCUT2D eigenvalue weighted by Crippen LogP contribution is -2.63. The number of methoxy groups -OCH3 is 2. The number of halogens is 2. The molecule has 1 aromatic heterocycles. The topological polar surface area (TPSA) is 88.6 Å². The third-order valence-corrected chi connectivity index (χ3v) is 6.51. The SMILES string of the molecule is COC(=O)CCN1C(C)(C)CC(Nc2nc(Nc3ccc(OC)c(Cl)c3)ncc2F)CC1(C)C. The molecule has 1 aromatic carbocycles. The Morgan fingerprint density at radius 2 is 1.91 bits per heavy atom. The average molecular weight is 494 g/mol. The number of benzene rings is 1. The number of aromatic nitrogens is 2. The standard InChI is InChI=1S/C24H33ClFN5O3/c1-23(2)12-16(13-24(3,4)31(23)10-9-20(32)34-6)28-21-18(26)14-27-22(30-21)29-15-7-8-19(33-5)17(25)11-15/h7-8,11,14,16H,9-10,12-13H2,1-6H3,(H2,27,28,29,30). The Kier molecular flexibility index (Phi) is 7.88. The molecule has 1 aliphatic heterocycles. The van der Waals surface area contributed by atoms with Crippen LogP contribution in [-0.2, 0) is 9.53 Å². The average Bonchev–Trinajstić information content (AvgIpc) is 2.74. The highest BCUT2D eigenvalue weighted by molar-refractivity contribution is 6.32. The molecule has 1 aliphatic rings. The minimum absolute atomic E-state index is 0.0212. The number of esters is 1. The van der Waals surface area contributed by atoms with Gasteiger partial charge in [-0.05, 0) is 58.7 Å². The van der Waals surface area contributed by atoms with Crippen molar-refractivity contribution >= 4 is 35.0 Å². The summed E-state index contributed by atoms with van der Waals surface area (Å²) in [5.74, 6) is 0.184. The second kappa shape index (κ2) is 10.3. The summed E-state index contributed by atoms with van der Waals surface area (Å²) in [4.78, 5) is 22.4. The Bertz CT molecular complexity index is 1020. The first-order valence-corrected chi connectivity index (χ1v) is 11.6. The minimum atomic E-state index is -0.526. The summed E-state index contributed by atoms with van der Waals surface area (Å²) in [5, 5.41) is 6.78. The van der Waals surface area contributed by atoms with Gasteiger partial charge in [-0.1, -0.05) is 11.6 Å². The molecule has 3 rings (SSSR count). The first kappa shape index (κ1) is 26.0. The molecule has 0 spiro atoms. The van der Waals surface area contributed by atoms with Crippen molar-refractivity contribution in [3.63, 3.8) is 0 Å². The number of piperidine rings is 1. The Morgan fingerprint density at radius 3 is 2.50 bits per heavy atom. The highest BCUT2D eigenvalue weighted by Gasteiger charge is 2.45. The fraction of sp³-hybridized carbons (Fsp3) is 0.542. The van der Waals surface area contributed by atoms with Crippen LogP contribution in [-0.4, -0.2) is 58.7 Å². The van der Waals surface area contributed by atoms with Crippen LogP contribution in [0.1, 0.15) is 47.0 Å². The van der Waals surface area contributed by atoms with Crippen molar-refractivity contribution in [3.8, 4) is 5.75 Å². The van der Waals surface area contributed by atoms with E-state index >= 15 is 0 Å². The van der Waals surface area contributed by atoms with Gasteiger partial charge < -0.3 is 20.1 Å². The molecule has 1 saturated heterocycles. The van der Waals surface area contributed by atoms with E-state index < -0.39 is 5.82 Å². The van der Waals surface area contributed by atoms with Crippen LogP contribution in [0.25, 0.3) is 0 Å². The zero-order valence-corrected chi connectivity index (χ0v) is 21.3. The third kappa shape index (κ3) is 6.07. The molecule has 2 aromatic rings. The van der Waals surface area contributed by atoms with Gasteiger partial charge in [0.25, 0.3) is 0 Å². The Morgan fingerprint density at radius 1 is 1.24 bits per heavy atom. The summed E-state index contributed by atoms with van der Waals surface area (Å²) in [6.45, 7) is 9.14. The van der Waals surface area contributed by atoms with Crippen LogP contribution in [0.2, 0.25) is 5.02 Å². The number of nitrogens with one attached hydrogen (secondary N) is 2. The van der Waals surface area contributed by atoms with Gasteiger partial charge in [-0.3, -0.25) is 9.69 Å². The number of rotatable bonds is 8. The second-order valence-corrected chi connectivity index (χ2v) is 10.1. The first-order valence-electron chi connectivity index (χ1n) is 11.2. The lowest BCUT2D eigenvalue weighted by Gasteiger charge is -2.55. The molecule has 0 aliphatic carbocycles. The van der Waals surface area contributed by atoms with Gasteiger partial charge >= 0.3 is 5.97 Å². The molecule has 8 nitrogen and oxygen atoms in total. The van der Waals surface area contributed by atoms with E-state index in [1.54, 1.807) is 25.3 Å². The molecular formula is C24H33ClFN5O3. The summed E-state index contributed by atoms with van der Waals surface area (Å²) in [6.07, 6.45) is 2.97. The Balaban J connectivity index is 1.74. The van der Waals surface area contributed by atoms with Crippen LogP contribution in [0.15, 0.2) is 24.4 Å². The lowest BCUT2D eigenvalue weighted by atomic mass is 9.76. The van der Waals surface area contributed by atoms with Crippen LogP contribution < -0.4 is 15.4 Å². The van der Waals surface area contributed by atoms with Gasteiger partial charge in [0.1, 0.15) is 5.75 Å². The van der Waals surface area contributed by atoms with E-state index in [-0.39, 0.29) is 34.9 Å². The summed E-state index contributed by atoms with van der Waals surface area (Å²) < 4.78 is 24.6. The maximum Gasteiger partial charge on any atom is 0.306 e. The van der Waals surface area contributed by atoms with Crippen LogP contribution in [0.3, 0.4) is 0 Å². The van der Waals surface area contributed by atoms with Gasteiger partial charge in [0.2, 0.25) is 5.95 Å². The maximum absolute atomic E-state index is 14.6. The van der Waals surface area contributed by atoms with E-state index in [1.807, 2.05) is 0 Å². The highest BCUT2D eigenvalue weighted by Crippen LogP contribution is 2.39. The summed E-state index contributed by atoms with van der Waals surface area (Å²) in [5.41, 5.74) is 0.208. The molecule has 0 amide bonds. The van der Waals surface area contributed by atoms with E-state index in [0.717, 1.165) is 19.0 Å². The van der Waals surface area contributed by atoms with Crippen molar-refractivity contribution in [3.05, 3.63) is 35.2 Å². The van der Waals surface area contributed by atoms with E-state index in [1.165, 1.54) is 7.11 Å². The molecule has 186 valence electrons. The Hall–Kier alpha value is -2.65. The van der Waals surface area contributed by atoms with Crippen LogP contribution in [0, 0.1) is 5.82 Å². The van der Waals surface area contributed by atoms with Gasteiger partial charge in [0.05, 0.1) is 31.9 Å². The number of hydrogen-bond donors (Lipinski definition) is 2. The lowest BCUT2D eigenvalue weighted by molar-refractivity contribution is -0.142. The van der Waals surface area contributed by atoms with E-state index in [2.05, 4.69) is 53.2 Å². The number of carbonyl (C=O) groups is 1. The fourth-order valence-corrected chi connectivity index (χ4v) is 5.18. The molecule has 0 atom stereocenters. The number of likely N-dealkylation sites (tertiary alicyclic amines) is 1. The normalized spacial score (nSPS) is 17.8. The Labute approximate surface area is 205 Å². The highest BCUT2D eigenvalue weighted by atomic mass is 35.5. The third-order valence-electron chi connectivity index (χ3n) is 6.21. The molecular weight excluding hydrogens is 461 g/mol. The summed E-state index contributed by atoms with van der Waals surface area (Å²) >= 11 is 6.19. The molecule has 0 radical (unpaired) electrons. The number of carbonyl (C=O) groups excluding carboxylic acids is 1. The van der Waals surface area contributed by atoms with Crippen molar-refractivity contribution in [1.82, 2.24) is 14.9 Å². The van der Waals surface area contributed by atoms with E-state index in [4.69, 9.17) is 21.1 Å². The summed E-state index contributed by atoms with van der Waals surface area (Å²) in [7, 11) is 2.94.